The van der Waals surface area contributed by atoms with Gasteiger partial charge in [-0.3, -0.25) is 0 Å². The number of hydrogen-bond acceptors (Lipinski definition) is 3. The summed E-state index contributed by atoms with van der Waals surface area (Å²) in [5.74, 6) is 1.45. The molecule has 1 atom stereocenters. The molecule has 0 heterocycles. The monoisotopic (exact) mass is 279 g/mol. The van der Waals surface area contributed by atoms with Gasteiger partial charge in [0.1, 0.15) is 5.75 Å². The van der Waals surface area contributed by atoms with Gasteiger partial charge in [-0.25, -0.2) is 0 Å². The van der Waals surface area contributed by atoms with Crippen LogP contribution >= 0.6 is 0 Å². The lowest BCUT2D eigenvalue weighted by molar-refractivity contribution is 0.0955. The minimum atomic E-state index is 0.352. The van der Waals surface area contributed by atoms with Gasteiger partial charge in [0.2, 0.25) is 0 Å². The van der Waals surface area contributed by atoms with Crippen LogP contribution in [0.2, 0.25) is 0 Å². The molecule has 114 valence electrons. The van der Waals surface area contributed by atoms with E-state index in [1.807, 2.05) is 6.07 Å². The highest BCUT2D eigenvalue weighted by atomic mass is 16.5. The van der Waals surface area contributed by atoms with E-state index in [9.17, 15) is 0 Å². The van der Waals surface area contributed by atoms with Gasteiger partial charge in [0.05, 0.1) is 13.7 Å². The van der Waals surface area contributed by atoms with E-state index in [4.69, 9.17) is 9.47 Å². The predicted molar refractivity (Wildman–Crippen MR) is 84.2 cm³/mol. The fourth-order valence-electron chi connectivity index (χ4n) is 2.06. The third-order valence-corrected chi connectivity index (χ3v) is 3.21. The molecule has 1 aromatic rings. The van der Waals surface area contributed by atoms with Gasteiger partial charge in [0, 0.05) is 18.2 Å². The zero-order valence-corrected chi connectivity index (χ0v) is 13.5. The van der Waals surface area contributed by atoms with E-state index < -0.39 is 0 Å². The van der Waals surface area contributed by atoms with Crippen LogP contribution in [0.5, 0.6) is 5.75 Å². The minimum absolute atomic E-state index is 0.352. The molecule has 1 aromatic carbocycles. The van der Waals surface area contributed by atoms with Gasteiger partial charge < -0.3 is 14.8 Å². The first kappa shape index (κ1) is 17.0. The van der Waals surface area contributed by atoms with Crippen LogP contribution in [0.25, 0.3) is 0 Å². The van der Waals surface area contributed by atoms with E-state index in [-0.39, 0.29) is 0 Å². The van der Waals surface area contributed by atoms with Gasteiger partial charge in [0.25, 0.3) is 0 Å². The van der Waals surface area contributed by atoms with Gasteiger partial charge in [0.15, 0.2) is 0 Å². The Morgan fingerprint density at radius 1 is 1.20 bits per heavy atom. The molecule has 0 fully saturated rings. The van der Waals surface area contributed by atoms with E-state index in [0.29, 0.717) is 18.6 Å². The first-order valence-corrected chi connectivity index (χ1v) is 7.56. The molecule has 0 spiro atoms. The van der Waals surface area contributed by atoms with Crippen LogP contribution in [0, 0.1) is 5.92 Å². The average Bonchev–Trinajstić information content (AvgIpc) is 2.44. The lowest BCUT2D eigenvalue weighted by atomic mass is 10.0. The summed E-state index contributed by atoms with van der Waals surface area (Å²) >= 11 is 0. The van der Waals surface area contributed by atoms with Crippen LogP contribution in [0.3, 0.4) is 0 Å². The van der Waals surface area contributed by atoms with Crippen molar-refractivity contribution < 1.29 is 9.47 Å². The summed E-state index contributed by atoms with van der Waals surface area (Å²) in [6, 6.07) is 6.70. The second kappa shape index (κ2) is 8.98. The van der Waals surface area contributed by atoms with Crippen LogP contribution in [0.4, 0.5) is 0 Å². The lowest BCUT2D eigenvalue weighted by Crippen LogP contribution is -2.19. The van der Waals surface area contributed by atoms with E-state index >= 15 is 0 Å². The molecule has 1 N–H and O–H groups in total. The average molecular weight is 279 g/mol. The summed E-state index contributed by atoms with van der Waals surface area (Å²) < 4.78 is 11.2. The Hall–Kier alpha value is -1.06. The van der Waals surface area contributed by atoms with Crippen molar-refractivity contribution in [3.05, 3.63) is 29.3 Å². The highest BCUT2D eigenvalue weighted by molar-refractivity contribution is 5.38. The highest BCUT2D eigenvalue weighted by Crippen LogP contribution is 2.24. The van der Waals surface area contributed by atoms with E-state index in [1.54, 1.807) is 7.11 Å². The fraction of sp³-hybridized carbons (Fsp3) is 0.647. The van der Waals surface area contributed by atoms with Gasteiger partial charge in [-0.1, -0.05) is 26.8 Å². The van der Waals surface area contributed by atoms with Crippen LogP contribution in [0.1, 0.15) is 51.3 Å². The number of ether oxygens (including phenoxy) is 2. The minimum Gasteiger partial charge on any atom is -0.496 e. The molecule has 0 saturated heterocycles. The van der Waals surface area contributed by atoms with Crippen LogP contribution < -0.4 is 10.1 Å². The third-order valence-electron chi connectivity index (χ3n) is 3.21. The summed E-state index contributed by atoms with van der Waals surface area (Å²) in [4.78, 5) is 0. The Labute approximate surface area is 123 Å². The molecule has 3 heteroatoms. The normalized spacial score (nSPS) is 12.7. The molecule has 3 nitrogen and oxygen atoms in total. The predicted octanol–water partition coefficient (Wildman–Crippen LogP) is 3.93. The maximum atomic E-state index is 5.74. The van der Waals surface area contributed by atoms with Crippen molar-refractivity contribution in [2.24, 2.45) is 5.92 Å². The van der Waals surface area contributed by atoms with Gasteiger partial charge in [-0.2, -0.15) is 0 Å². The number of nitrogens with one attached hydrogen (secondary N) is 1. The third kappa shape index (κ3) is 5.51. The highest BCUT2D eigenvalue weighted by Gasteiger charge is 2.09. The van der Waals surface area contributed by atoms with E-state index in [0.717, 1.165) is 30.9 Å². The number of benzene rings is 1. The molecule has 0 aliphatic heterocycles. The van der Waals surface area contributed by atoms with Crippen LogP contribution in [-0.2, 0) is 11.3 Å². The molecule has 1 unspecified atom stereocenters. The summed E-state index contributed by atoms with van der Waals surface area (Å²) in [5, 5.41) is 3.51. The molecule has 0 saturated carbocycles. The summed E-state index contributed by atoms with van der Waals surface area (Å²) in [6.45, 7) is 11.1. The maximum Gasteiger partial charge on any atom is 0.124 e. The van der Waals surface area contributed by atoms with Crippen molar-refractivity contribution in [1.82, 2.24) is 5.32 Å². The largest absolute Gasteiger partial charge is 0.496 e. The molecule has 1 rings (SSSR count). The first-order valence-electron chi connectivity index (χ1n) is 7.56. The van der Waals surface area contributed by atoms with Crippen molar-refractivity contribution in [2.45, 2.75) is 46.8 Å². The van der Waals surface area contributed by atoms with Crippen LogP contribution in [0.15, 0.2) is 18.2 Å². The maximum absolute atomic E-state index is 5.74. The first-order chi connectivity index (χ1) is 9.58. The van der Waals surface area contributed by atoms with Crippen molar-refractivity contribution >= 4 is 0 Å². The van der Waals surface area contributed by atoms with Crippen molar-refractivity contribution in [1.29, 1.82) is 0 Å². The second-order valence-electron chi connectivity index (χ2n) is 5.66. The summed E-state index contributed by atoms with van der Waals surface area (Å²) in [5.41, 5.74) is 2.40. The molecule has 0 aromatic heterocycles. The zero-order chi connectivity index (χ0) is 15.0. The Morgan fingerprint density at radius 2 is 1.95 bits per heavy atom. The summed E-state index contributed by atoms with van der Waals surface area (Å²) in [6.07, 6.45) is 1.14. The second-order valence-corrected chi connectivity index (χ2v) is 5.66. The van der Waals surface area contributed by atoms with Gasteiger partial charge in [-0.05, 0) is 43.5 Å². The fourth-order valence-corrected chi connectivity index (χ4v) is 2.06. The molecule has 0 aliphatic rings. The lowest BCUT2D eigenvalue weighted by Gasteiger charge is -2.17. The van der Waals surface area contributed by atoms with E-state index in [2.05, 4.69) is 45.1 Å². The van der Waals surface area contributed by atoms with Crippen molar-refractivity contribution in [2.75, 3.05) is 20.3 Å². The molecule has 0 radical (unpaired) electrons. The van der Waals surface area contributed by atoms with Gasteiger partial charge >= 0.3 is 0 Å². The molecule has 0 bridgehead atoms. The standard InChI is InChI=1S/C17H29NO2/c1-6-9-18-14(4)15-7-8-17(19-5)16(10-15)12-20-11-13(2)3/h7-8,10,13-14,18H,6,9,11-12H2,1-5H3. The Bertz CT molecular complexity index is 391. The van der Waals surface area contributed by atoms with Crippen LogP contribution in [-0.4, -0.2) is 20.3 Å². The number of rotatable bonds is 9. The van der Waals surface area contributed by atoms with Crippen molar-refractivity contribution in [3.8, 4) is 5.75 Å². The Kier molecular flexibility index (Phi) is 7.63. The Balaban J connectivity index is 2.74. The smallest absolute Gasteiger partial charge is 0.124 e. The quantitative estimate of drug-likeness (QED) is 0.743. The van der Waals surface area contributed by atoms with E-state index in [1.165, 1.54) is 5.56 Å². The van der Waals surface area contributed by atoms with Gasteiger partial charge in [-0.15, -0.1) is 0 Å². The zero-order valence-electron chi connectivity index (χ0n) is 13.5. The molecular formula is C17H29NO2. The number of methoxy groups -OCH3 is 1. The topological polar surface area (TPSA) is 30.5 Å². The molecule has 0 aliphatic carbocycles. The Morgan fingerprint density at radius 3 is 2.55 bits per heavy atom. The number of hydrogen-bond donors (Lipinski definition) is 1. The van der Waals surface area contributed by atoms with Crippen molar-refractivity contribution in [3.63, 3.8) is 0 Å². The summed E-state index contributed by atoms with van der Waals surface area (Å²) in [7, 11) is 1.71. The molecular weight excluding hydrogens is 250 g/mol. The SMILES string of the molecule is CCCNC(C)c1ccc(OC)c(COCC(C)C)c1. The molecule has 0 amide bonds. The molecule has 20 heavy (non-hydrogen) atoms.